The molecule has 1 rings (SSSR count). The molecule has 1 amide bonds. The van der Waals surface area contributed by atoms with E-state index in [0.29, 0.717) is 12.6 Å². The standard InChI is InChI=1S/C12H24N2O/c1-4-13-12(15)10(3)14-11-7-5-6-9(2)8-11/h9-11,14H,4-8H2,1-3H3,(H,13,15). The van der Waals surface area contributed by atoms with Gasteiger partial charge in [-0.1, -0.05) is 19.8 Å². The Kier molecular flexibility index (Phi) is 5.09. The van der Waals surface area contributed by atoms with E-state index in [0.717, 1.165) is 5.92 Å². The Hall–Kier alpha value is -0.570. The Labute approximate surface area is 93.0 Å². The molecule has 1 aliphatic carbocycles. The van der Waals surface area contributed by atoms with Gasteiger partial charge in [-0.15, -0.1) is 0 Å². The van der Waals surface area contributed by atoms with Crippen LogP contribution in [0.5, 0.6) is 0 Å². The predicted molar refractivity (Wildman–Crippen MR) is 62.7 cm³/mol. The van der Waals surface area contributed by atoms with Crippen LogP contribution in [-0.4, -0.2) is 24.5 Å². The number of nitrogens with one attached hydrogen (secondary N) is 2. The molecule has 0 aliphatic heterocycles. The highest BCUT2D eigenvalue weighted by Gasteiger charge is 2.22. The smallest absolute Gasteiger partial charge is 0.236 e. The maximum Gasteiger partial charge on any atom is 0.236 e. The first-order valence-electron chi connectivity index (χ1n) is 6.17. The van der Waals surface area contributed by atoms with Crippen LogP contribution in [0.3, 0.4) is 0 Å². The molecule has 1 saturated carbocycles. The molecule has 1 aliphatic rings. The molecule has 0 aromatic carbocycles. The summed E-state index contributed by atoms with van der Waals surface area (Å²) in [5.41, 5.74) is 0. The van der Waals surface area contributed by atoms with Crippen molar-refractivity contribution in [2.45, 2.75) is 58.5 Å². The summed E-state index contributed by atoms with van der Waals surface area (Å²) >= 11 is 0. The molecule has 3 unspecified atom stereocenters. The molecule has 15 heavy (non-hydrogen) atoms. The van der Waals surface area contributed by atoms with Gasteiger partial charge in [-0.2, -0.15) is 0 Å². The van der Waals surface area contributed by atoms with Crippen molar-refractivity contribution in [3.05, 3.63) is 0 Å². The second-order valence-corrected chi connectivity index (χ2v) is 4.75. The summed E-state index contributed by atoms with van der Waals surface area (Å²) in [5.74, 6) is 0.924. The SMILES string of the molecule is CCNC(=O)C(C)NC1CCCC(C)C1. The minimum absolute atomic E-state index is 0.0553. The molecule has 2 N–H and O–H groups in total. The number of hydrogen-bond acceptors (Lipinski definition) is 2. The minimum Gasteiger partial charge on any atom is -0.355 e. The van der Waals surface area contributed by atoms with Gasteiger partial charge in [0.15, 0.2) is 0 Å². The molecular weight excluding hydrogens is 188 g/mol. The number of rotatable bonds is 4. The summed E-state index contributed by atoms with van der Waals surface area (Å²) in [4.78, 5) is 11.5. The summed E-state index contributed by atoms with van der Waals surface area (Å²) in [7, 11) is 0. The van der Waals surface area contributed by atoms with Crippen molar-refractivity contribution in [3.63, 3.8) is 0 Å². The molecule has 88 valence electrons. The summed E-state index contributed by atoms with van der Waals surface area (Å²) in [5, 5.41) is 6.27. The third-order valence-corrected chi connectivity index (χ3v) is 3.17. The van der Waals surface area contributed by atoms with Crippen molar-refractivity contribution in [1.82, 2.24) is 10.6 Å². The lowest BCUT2D eigenvalue weighted by Gasteiger charge is -2.29. The summed E-state index contributed by atoms with van der Waals surface area (Å²) in [6.45, 7) is 6.91. The summed E-state index contributed by atoms with van der Waals surface area (Å²) in [6.07, 6.45) is 5.06. The van der Waals surface area contributed by atoms with Crippen molar-refractivity contribution < 1.29 is 4.79 Å². The zero-order chi connectivity index (χ0) is 11.3. The molecule has 3 nitrogen and oxygen atoms in total. The number of likely N-dealkylation sites (N-methyl/N-ethyl adjacent to an activating group) is 1. The quantitative estimate of drug-likeness (QED) is 0.744. The van der Waals surface area contributed by atoms with Gasteiger partial charge in [-0.05, 0) is 32.6 Å². The molecule has 3 atom stereocenters. The number of amides is 1. The van der Waals surface area contributed by atoms with Gasteiger partial charge < -0.3 is 10.6 Å². The molecule has 3 heteroatoms. The molecule has 0 bridgehead atoms. The van der Waals surface area contributed by atoms with Crippen LogP contribution in [0.2, 0.25) is 0 Å². The van der Waals surface area contributed by atoms with Crippen molar-refractivity contribution in [3.8, 4) is 0 Å². The van der Waals surface area contributed by atoms with E-state index in [1.54, 1.807) is 0 Å². The molecule has 0 heterocycles. The van der Waals surface area contributed by atoms with Crippen LogP contribution in [0.4, 0.5) is 0 Å². The van der Waals surface area contributed by atoms with Gasteiger partial charge in [0.2, 0.25) is 5.91 Å². The largest absolute Gasteiger partial charge is 0.355 e. The first kappa shape index (κ1) is 12.5. The Balaban J connectivity index is 2.30. The second kappa shape index (κ2) is 6.11. The van der Waals surface area contributed by atoms with Crippen LogP contribution in [0, 0.1) is 5.92 Å². The van der Waals surface area contributed by atoms with Gasteiger partial charge in [0.05, 0.1) is 6.04 Å². The van der Waals surface area contributed by atoms with Crippen LogP contribution < -0.4 is 10.6 Å². The third-order valence-electron chi connectivity index (χ3n) is 3.17. The van der Waals surface area contributed by atoms with Gasteiger partial charge in [-0.3, -0.25) is 4.79 Å². The fourth-order valence-corrected chi connectivity index (χ4v) is 2.34. The van der Waals surface area contributed by atoms with Gasteiger partial charge >= 0.3 is 0 Å². The first-order chi connectivity index (χ1) is 7.13. The number of hydrogen-bond donors (Lipinski definition) is 2. The van der Waals surface area contributed by atoms with Gasteiger partial charge in [-0.25, -0.2) is 0 Å². The summed E-state index contributed by atoms with van der Waals surface area (Å²) < 4.78 is 0. The second-order valence-electron chi connectivity index (χ2n) is 4.75. The summed E-state index contributed by atoms with van der Waals surface area (Å²) in [6, 6.07) is 0.478. The molecular formula is C12H24N2O. The van der Waals surface area contributed by atoms with E-state index in [4.69, 9.17) is 0 Å². The van der Waals surface area contributed by atoms with E-state index >= 15 is 0 Å². The predicted octanol–water partition coefficient (Wildman–Crippen LogP) is 1.68. The molecule has 0 aromatic rings. The van der Waals surface area contributed by atoms with Gasteiger partial charge in [0.1, 0.15) is 0 Å². The van der Waals surface area contributed by atoms with E-state index in [1.165, 1.54) is 25.7 Å². The van der Waals surface area contributed by atoms with E-state index in [-0.39, 0.29) is 11.9 Å². The van der Waals surface area contributed by atoms with Crippen molar-refractivity contribution in [2.75, 3.05) is 6.54 Å². The van der Waals surface area contributed by atoms with Crippen LogP contribution in [0.25, 0.3) is 0 Å². The van der Waals surface area contributed by atoms with Crippen LogP contribution in [0.15, 0.2) is 0 Å². The van der Waals surface area contributed by atoms with Crippen LogP contribution >= 0.6 is 0 Å². The maximum atomic E-state index is 11.5. The Bertz CT molecular complexity index is 206. The lowest BCUT2D eigenvalue weighted by Crippen LogP contribution is -2.47. The Morgan fingerprint density at radius 2 is 2.20 bits per heavy atom. The molecule has 1 fully saturated rings. The average molecular weight is 212 g/mol. The van der Waals surface area contributed by atoms with E-state index in [1.807, 2.05) is 13.8 Å². The van der Waals surface area contributed by atoms with Crippen molar-refractivity contribution in [1.29, 1.82) is 0 Å². The normalized spacial score (nSPS) is 28.5. The highest BCUT2D eigenvalue weighted by molar-refractivity contribution is 5.81. The highest BCUT2D eigenvalue weighted by atomic mass is 16.2. The molecule has 0 spiro atoms. The molecule has 0 saturated heterocycles. The van der Waals surface area contributed by atoms with Crippen molar-refractivity contribution >= 4 is 5.91 Å². The zero-order valence-corrected chi connectivity index (χ0v) is 10.2. The van der Waals surface area contributed by atoms with E-state index < -0.39 is 0 Å². The van der Waals surface area contributed by atoms with Gasteiger partial charge in [0.25, 0.3) is 0 Å². The topological polar surface area (TPSA) is 41.1 Å². The van der Waals surface area contributed by atoms with Crippen LogP contribution in [-0.2, 0) is 4.79 Å². The average Bonchev–Trinajstić information content (AvgIpc) is 2.18. The fraction of sp³-hybridized carbons (Fsp3) is 0.917. The molecule has 0 radical (unpaired) electrons. The Morgan fingerprint density at radius 3 is 2.80 bits per heavy atom. The van der Waals surface area contributed by atoms with E-state index in [2.05, 4.69) is 17.6 Å². The lowest BCUT2D eigenvalue weighted by molar-refractivity contribution is -0.122. The number of carbonyl (C=O) groups excluding carboxylic acids is 1. The van der Waals surface area contributed by atoms with Crippen LogP contribution in [0.1, 0.15) is 46.5 Å². The highest BCUT2D eigenvalue weighted by Crippen LogP contribution is 2.23. The van der Waals surface area contributed by atoms with Gasteiger partial charge in [0, 0.05) is 12.6 Å². The first-order valence-corrected chi connectivity index (χ1v) is 6.17. The third kappa shape index (κ3) is 4.20. The minimum atomic E-state index is -0.0553. The maximum absolute atomic E-state index is 11.5. The fourth-order valence-electron chi connectivity index (χ4n) is 2.34. The zero-order valence-electron chi connectivity index (χ0n) is 10.2. The molecule has 0 aromatic heterocycles. The van der Waals surface area contributed by atoms with Crippen molar-refractivity contribution in [2.24, 2.45) is 5.92 Å². The number of carbonyl (C=O) groups is 1. The monoisotopic (exact) mass is 212 g/mol. The van der Waals surface area contributed by atoms with E-state index in [9.17, 15) is 4.79 Å². The lowest BCUT2D eigenvalue weighted by atomic mass is 9.87. The Morgan fingerprint density at radius 1 is 1.47 bits per heavy atom.